The van der Waals surface area contributed by atoms with E-state index in [4.69, 9.17) is 30.5 Å². The molecule has 0 aliphatic rings. The van der Waals surface area contributed by atoms with Crippen molar-refractivity contribution in [3.63, 3.8) is 0 Å². The van der Waals surface area contributed by atoms with Gasteiger partial charge in [0.1, 0.15) is 11.4 Å². The molecule has 10 nitrogen and oxygen atoms in total. The van der Waals surface area contributed by atoms with Gasteiger partial charge in [0, 0.05) is 43.0 Å². The minimum Gasteiger partial charge on any atom is -0.495 e. The summed E-state index contributed by atoms with van der Waals surface area (Å²) in [4.78, 5) is 41.4. The first-order valence-electron chi connectivity index (χ1n) is 13.6. The van der Waals surface area contributed by atoms with Gasteiger partial charge in [0.05, 0.1) is 36.0 Å². The Kier molecular flexibility index (Phi) is 10.7. The highest BCUT2D eigenvalue weighted by Crippen LogP contribution is 2.43. The van der Waals surface area contributed by atoms with Gasteiger partial charge in [0.2, 0.25) is 0 Å². The summed E-state index contributed by atoms with van der Waals surface area (Å²) >= 11 is 17.0. The number of hydrogen-bond donors (Lipinski definition) is 2. The number of ether oxygens (including phenoxy) is 4. The molecule has 2 N–H and O–H groups in total. The summed E-state index contributed by atoms with van der Waals surface area (Å²) in [6.07, 6.45) is 1.34. The van der Waals surface area contributed by atoms with Crippen molar-refractivity contribution in [2.75, 3.05) is 14.2 Å². The average molecular weight is 849 g/mol. The summed E-state index contributed by atoms with van der Waals surface area (Å²) < 4.78 is 23.5. The van der Waals surface area contributed by atoms with E-state index in [0.717, 1.165) is 4.47 Å². The summed E-state index contributed by atoms with van der Waals surface area (Å²) in [5.41, 5.74) is 5.02. The fourth-order valence-corrected chi connectivity index (χ4v) is 6.80. The van der Waals surface area contributed by atoms with Crippen molar-refractivity contribution in [1.82, 2.24) is 10.4 Å². The van der Waals surface area contributed by atoms with Gasteiger partial charge >= 0.3 is 11.9 Å². The molecule has 47 heavy (non-hydrogen) atoms. The van der Waals surface area contributed by atoms with Crippen molar-refractivity contribution >= 4 is 94.4 Å². The molecule has 0 fully saturated rings. The molecule has 1 aromatic heterocycles. The molecule has 0 radical (unpaired) electrons. The van der Waals surface area contributed by atoms with Crippen LogP contribution in [0.4, 0.5) is 0 Å². The fourth-order valence-electron chi connectivity index (χ4n) is 4.70. The first-order valence-corrected chi connectivity index (χ1v) is 16.3. The zero-order valence-corrected chi connectivity index (χ0v) is 30.3. The third kappa shape index (κ3) is 7.38. The molecule has 0 bridgehead atoms. The number of H-pyrrole nitrogens is 1. The monoisotopic (exact) mass is 845 g/mol. The molecule has 0 aliphatic heterocycles. The predicted octanol–water partition coefficient (Wildman–Crippen LogP) is 8.70. The van der Waals surface area contributed by atoms with Crippen molar-refractivity contribution in [3.05, 3.63) is 102 Å². The van der Waals surface area contributed by atoms with Crippen LogP contribution in [0, 0.1) is 0 Å². The minimum atomic E-state index is -0.721. The number of halogens is 4. The van der Waals surface area contributed by atoms with Crippen molar-refractivity contribution in [3.8, 4) is 34.1 Å². The number of aromatic amines is 1. The molecule has 5 aromatic rings. The smallest absolute Gasteiger partial charge is 0.343 e. The Morgan fingerprint density at radius 1 is 0.872 bits per heavy atom. The van der Waals surface area contributed by atoms with Crippen LogP contribution < -0.4 is 24.4 Å². The molecule has 14 heteroatoms. The van der Waals surface area contributed by atoms with Crippen LogP contribution in [0.15, 0.2) is 85.2 Å². The van der Waals surface area contributed by atoms with Gasteiger partial charge in [0.25, 0.3) is 5.91 Å². The van der Waals surface area contributed by atoms with E-state index < -0.39 is 17.8 Å². The van der Waals surface area contributed by atoms with Crippen LogP contribution in [0.25, 0.3) is 22.0 Å². The number of fused-ring (bicyclic) bond motifs is 1. The maximum atomic E-state index is 13.7. The second-order valence-corrected chi connectivity index (χ2v) is 12.7. The topological polar surface area (TPSA) is 128 Å². The van der Waals surface area contributed by atoms with E-state index in [1.54, 1.807) is 30.3 Å². The Labute approximate surface area is 298 Å². The van der Waals surface area contributed by atoms with Gasteiger partial charge in [-0.15, -0.1) is 0 Å². The van der Waals surface area contributed by atoms with Crippen LogP contribution in [0.3, 0.4) is 0 Å². The number of hydrazone groups is 1. The standard InChI is InChI=1S/C33H23Br3ClN3O7/c1-16(41)46-24-10-8-17(13-26(24)45-3)33(43)47-31-18(12-19(34)14-22(31)36)15-38-40-32(42)30-27(20-6-4-5-7-23(20)37)28-21(35)9-11-25(44-2)29(28)39-30/h4-15,39H,1-3H3,(H,40,42). The van der Waals surface area contributed by atoms with E-state index in [-0.39, 0.29) is 28.5 Å². The Morgan fingerprint density at radius 3 is 2.30 bits per heavy atom. The first kappa shape index (κ1) is 34.2. The van der Waals surface area contributed by atoms with Crippen LogP contribution >= 0.6 is 59.4 Å². The third-order valence-corrected chi connectivity index (χ3v) is 8.75. The summed E-state index contributed by atoms with van der Waals surface area (Å²) in [5, 5.41) is 5.33. The number of nitrogens with zero attached hydrogens (tertiary/aromatic N) is 1. The maximum absolute atomic E-state index is 13.7. The second kappa shape index (κ2) is 14.7. The largest absolute Gasteiger partial charge is 0.495 e. The minimum absolute atomic E-state index is 0.135. The van der Waals surface area contributed by atoms with E-state index in [0.29, 0.717) is 47.3 Å². The Balaban J connectivity index is 1.46. The molecular weight excluding hydrogens is 826 g/mol. The number of hydrogen-bond acceptors (Lipinski definition) is 8. The lowest BCUT2D eigenvalue weighted by Crippen LogP contribution is -2.19. The zero-order valence-electron chi connectivity index (χ0n) is 24.7. The van der Waals surface area contributed by atoms with Crippen LogP contribution in [0.1, 0.15) is 33.3 Å². The molecule has 1 amide bonds. The van der Waals surface area contributed by atoms with E-state index in [1.807, 2.05) is 18.2 Å². The summed E-state index contributed by atoms with van der Waals surface area (Å²) in [5.74, 6) is -0.825. The molecule has 0 atom stereocenters. The molecule has 5 rings (SSSR count). The predicted molar refractivity (Wildman–Crippen MR) is 189 cm³/mol. The number of rotatable bonds is 9. The van der Waals surface area contributed by atoms with Gasteiger partial charge in [0.15, 0.2) is 17.2 Å². The van der Waals surface area contributed by atoms with Gasteiger partial charge in [-0.3, -0.25) is 9.59 Å². The highest BCUT2D eigenvalue weighted by molar-refractivity contribution is 9.11. The number of nitrogens with one attached hydrogen (secondary N) is 2. The lowest BCUT2D eigenvalue weighted by Gasteiger charge is -2.12. The molecule has 240 valence electrons. The molecular formula is C33H23Br3ClN3O7. The van der Waals surface area contributed by atoms with Crippen LogP contribution in [-0.4, -0.2) is 43.3 Å². The van der Waals surface area contributed by atoms with Crippen molar-refractivity contribution in [1.29, 1.82) is 0 Å². The zero-order chi connectivity index (χ0) is 33.8. The molecule has 0 saturated heterocycles. The Morgan fingerprint density at radius 2 is 1.60 bits per heavy atom. The van der Waals surface area contributed by atoms with Gasteiger partial charge in [-0.05, 0) is 64.5 Å². The highest BCUT2D eigenvalue weighted by atomic mass is 79.9. The molecule has 0 unspecified atom stereocenters. The quantitative estimate of drug-likeness (QED) is 0.0658. The molecule has 4 aromatic carbocycles. The van der Waals surface area contributed by atoms with Gasteiger partial charge < -0.3 is 23.9 Å². The fraction of sp³-hybridized carbons (Fsp3) is 0.0909. The van der Waals surface area contributed by atoms with E-state index in [2.05, 4.69) is 63.3 Å². The molecule has 0 spiro atoms. The van der Waals surface area contributed by atoms with Crippen molar-refractivity contribution in [2.45, 2.75) is 6.92 Å². The number of carbonyl (C=O) groups excluding carboxylic acids is 3. The van der Waals surface area contributed by atoms with Crippen LogP contribution in [-0.2, 0) is 4.79 Å². The lowest BCUT2D eigenvalue weighted by atomic mass is 10.0. The molecule has 1 heterocycles. The van der Waals surface area contributed by atoms with Crippen LogP contribution in [0.2, 0.25) is 5.02 Å². The summed E-state index contributed by atoms with van der Waals surface area (Å²) in [7, 11) is 2.92. The number of aromatic nitrogens is 1. The number of benzene rings is 4. The second-order valence-electron chi connectivity index (χ2n) is 9.71. The van der Waals surface area contributed by atoms with Crippen molar-refractivity contribution in [2.24, 2.45) is 5.10 Å². The number of carbonyl (C=O) groups is 3. The SMILES string of the molecule is COc1cc(C(=O)Oc2c(Br)cc(Br)cc2C=NNC(=O)c2[nH]c3c(OC)ccc(Br)c3c2-c2ccccc2Cl)ccc1OC(C)=O. The summed E-state index contributed by atoms with van der Waals surface area (Å²) in [6, 6.07) is 18.4. The Hall–Kier alpha value is -4.17. The highest BCUT2D eigenvalue weighted by Gasteiger charge is 2.24. The number of methoxy groups -OCH3 is 2. The average Bonchev–Trinajstić information content (AvgIpc) is 3.44. The van der Waals surface area contributed by atoms with Crippen LogP contribution in [0.5, 0.6) is 23.0 Å². The van der Waals surface area contributed by atoms with Gasteiger partial charge in [-0.25, -0.2) is 10.2 Å². The van der Waals surface area contributed by atoms with Gasteiger partial charge in [-0.1, -0.05) is 61.7 Å². The lowest BCUT2D eigenvalue weighted by molar-refractivity contribution is -0.132. The van der Waals surface area contributed by atoms with Gasteiger partial charge in [-0.2, -0.15) is 5.10 Å². The number of esters is 2. The maximum Gasteiger partial charge on any atom is 0.343 e. The third-order valence-electron chi connectivity index (χ3n) is 6.71. The molecule has 0 aliphatic carbocycles. The Bertz CT molecular complexity index is 2080. The van der Waals surface area contributed by atoms with Crippen molar-refractivity contribution < 1.29 is 33.3 Å². The van der Waals surface area contributed by atoms with E-state index in [1.165, 1.54) is 45.6 Å². The first-order chi connectivity index (χ1) is 22.5. The molecule has 0 saturated carbocycles. The normalized spacial score (nSPS) is 11.0. The van der Waals surface area contributed by atoms with E-state index >= 15 is 0 Å². The summed E-state index contributed by atoms with van der Waals surface area (Å²) in [6.45, 7) is 1.26. The van der Waals surface area contributed by atoms with E-state index in [9.17, 15) is 14.4 Å². The number of amides is 1.